The molecule has 2 fully saturated rings. The second-order valence-corrected chi connectivity index (χ2v) is 9.91. The first-order valence-electron chi connectivity index (χ1n) is 13.8. The first-order valence-corrected chi connectivity index (χ1v) is 13.8. The molecule has 0 radical (unpaired) electrons. The first-order chi connectivity index (χ1) is 21.0. The lowest BCUT2D eigenvalue weighted by Crippen LogP contribution is -2.32. The van der Waals surface area contributed by atoms with Crippen LogP contribution in [0.25, 0.3) is 17.2 Å². The Morgan fingerprint density at radius 1 is 1.02 bits per heavy atom. The zero-order chi connectivity index (χ0) is 29.8. The van der Waals surface area contributed by atoms with E-state index in [1.54, 1.807) is 29.1 Å². The van der Waals surface area contributed by atoms with Gasteiger partial charge < -0.3 is 29.4 Å². The van der Waals surface area contributed by atoms with Crippen molar-refractivity contribution in [1.29, 1.82) is 0 Å². The molecule has 0 aliphatic carbocycles. The maximum atomic E-state index is 12.1. The lowest BCUT2D eigenvalue weighted by atomic mass is 10.1. The number of imidazole rings is 1. The van der Waals surface area contributed by atoms with Crippen molar-refractivity contribution in [2.45, 2.75) is 44.4 Å². The molecule has 1 unspecified atom stereocenters. The van der Waals surface area contributed by atoms with E-state index in [0.717, 1.165) is 5.56 Å². The Morgan fingerprint density at radius 3 is 2.63 bits per heavy atom. The van der Waals surface area contributed by atoms with E-state index >= 15 is 0 Å². The highest BCUT2D eigenvalue weighted by Crippen LogP contribution is 2.41. The van der Waals surface area contributed by atoms with Gasteiger partial charge in [0.25, 0.3) is 0 Å². The number of carbonyl (C=O) groups is 2. The van der Waals surface area contributed by atoms with Crippen LogP contribution in [0.1, 0.15) is 34.6 Å². The van der Waals surface area contributed by atoms with Crippen molar-refractivity contribution in [3.05, 3.63) is 90.0 Å². The van der Waals surface area contributed by atoms with Gasteiger partial charge in [0.05, 0.1) is 25.1 Å². The maximum Gasteiger partial charge on any atom is 0.336 e. The topological polar surface area (TPSA) is 159 Å². The molecule has 6 rings (SSSR count). The van der Waals surface area contributed by atoms with Crippen LogP contribution in [0, 0.1) is 0 Å². The lowest BCUT2D eigenvalue weighted by molar-refractivity contribution is -0.139. The standard InChI is InChI=1S/C30H30N6O7/c1-2-31-30(39)35-26-23-27(33-16-32-26)36(17-34-23)28-25-24(42-22(43-25)13-12-18-8-4-3-5-9-18)21(41-28)15-40-14-19-10-6-7-11-20(19)29(37)38/h3-13,16-17,21-22,24-25,28H,2,14-15H2,1H3,(H,37,38)(H2,31,32,33,35,39)/b13-12+/t21-,22+,24?,25+,28-/m1/s1. The summed E-state index contributed by atoms with van der Waals surface area (Å²) in [6, 6.07) is 16.1. The van der Waals surface area contributed by atoms with E-state index in [1.807, 2.05) is 49.4 Å². The number of amides is 2. The minimum absolute atomic E-state index is 0.0820. The number of nitrogens with one attached hydrogen (secondary N) is 2. The Balaban J connectivity index is 1.24. The van der Waals surface area contributed by atoms with Crippen LogP contribution in [0.2, 0.25) is 0 Å². The smallest absolute Gasteiger partial charge is 0.336 e. The van der Waals surface area contributed by atoms with E-state index in [4.69, 9.17) is 18.9 Å². The molecular weight excluding hydrogens is 556 g/mol. The second-order valence-electron chi connectivity index (χ2n) is 9.91. The molecule has 222 valence electrons. The summed E-state index contributed by atoms with van der Waals surface area (Å²) in [5.74, 6) is -0.763. The van der Waals surface area contributed by atoms with Crippen molar-refractivity contribution in [2.75, 3.05) is 18.5 Å². The molecule has 13 heteroatoms. The molecule has 2 aromatic carbocycles. The van der Waals surface area contributed by atoms with Crippen molar-refractivity contribution < 1.29 is 33.6 Å². The van der Waals surface area contributed by atoms with Crippen LogP contribution < -0.4 is 10.6 Å². The third kappa shape index (κ3) is 6.10. The largest absolute Gasteiger partial charge is 0.478 e. The fourth-order valence-corrected chi connectivity index (χ4v) is 5.14. The lowest BCUT2D eigenvalue weighted by Gasteiger charge is -2.20. The highest BCUT2D eigenvalue weighted by Gasteiger charge is 2.53. The van der Waals surface area contributed by atoms with Gasteiger partial charge in [-0.1, -0.05) is 54.6 Å². The Labute approximate surface area is 246 Å². The van der Waals surface area contributed by atoms with Gasteiger partial charge in [-0.15, -0.1) is 0 Å². The molecule has 13 nitrogen and oxygen atoms in total. The summed E-state index contributed by atoms with van der Waals surface area (Å²) in [4.78, 5) is 36.8. The van der Waals surface area contributed by atoms with Crippen molar-refractivity contribution in [2.24, 2.45) is 0 Å². The number of benzene rings is 2. The van der Waals surface area contributed by atoms with E-state index in [0.29, 0.717) is 23.3 Å². The first kappa shape index (κ1) is 28.4. The Morgan fingerprint density at radius 2 is 1.81 bits per heavy atom. The molecule has 0 bridgehead atoms. The number of anilines is 1. The molecule has 2 aromatic heterocycles. The van der Waals surface area contributed by atoms with Crippen LogP contribution >= 0.6 is 0 Å². The molecular formula is C30H30N6O7. The second kappa shape index (κ2) is 12.7. The molecule has 2 aliphatic heterocycles. The summed E-state index contributed by atoms with van der Waals surface area (Å²) >= 11 is 0. The maximum absolute atomic E-state index is 12.1. The number of aromatic carboxylic acids is 1. The van der Waals surface area contributed by atoms with Gasteiger partial charge in [0, 0.05) is 6.54 Å². The van der Waals surface area contributed by atoms with Crippen molar-refractivity contribution in [3.8, 4) is 0 Å². The summed E-state index contributed by atoms with van der Waals surface area (Å²) in [6.45, 7) is 2.47. The predicted octanol–water partition coefficient (Wildman–Crippen LogP) is 3.60. The Kier molecular flexibility index (Phi) is 8.38. The summed E-state index contributed by atoms with van der Waals surface area (Å²) in [5.41, 5.74) is 2.56. The van der Waals surface area contributed by atoms with Gasteiger partial charge in [0.2, 0.25) is 0 Å². The van der Waals surface area contributed by atoms with Crippen LogP contribution in [0.4, 0.5) is 10.6 Å². The number of nitrogens with zero attached hydrogens (tertiary/aromatic N) is 4. The molecule has 4 aromatic rings. The molecule has 0 spiro atoms. The number of aromatic nitrogens is 4. The molecule has 2 saturated heterocycles. The number of hydrogen-bond acceptors (Lipinski definition) is 9. The van der Waals surface area contributed by atoms with Gasteiger partial charge >= 0.3 is 12.0 Å². The van der Waals surface area contributed by atoms with Gasteiger partial charge in [-0.05, 0) is 30.2 Å². The van der Waals surface area contributed by atoms with Crippen LogP contribution in [-0.4, -0.2) is 74.4 Å². The van der Waals surface area contributed by atoms with E-state index in [-0.39, 0.29) is 24.6 Å². The predicted molar refractivity (Wildman–Crippen MR) is 154 cm³/mol. The SMILES string of the molecule is CCNC(=O)Nc1ncnc2c1ncn2[C@@H]1O[C@H](COCc2ccccc2C(=O)O)C2O[C@H](/C=C/c3ccccc3)O[C@@H]21. The fourth-order valence-electron chi connectivity index (χ4n) is 5.14. The number of ether oxygens (including phenoxy) is 4. The monoisotopic (exact) mass is 586 g/mol. The third-order valence-electron chi connectivity index (χ3n) is 7.10. The third-order valence-corrected chi connectivity index (χ3v) is 7.10. The van der Waals surface area contributed by atoms with Crippen molar-refractivity contribution in [1.82, 2.24) is 24.8 Å². The van der Waals surface area contributed by atoms with E-state index in [9.17, 15) is 14.7 Å². The molecule has 3 N–H and O–H groups in total. The summed E-state index contributed by atoms with van der Waals surface area (Å²) in [5, 5.41) is 14.9. The fraction of sp³-hybridized carbons (Fsp3) is 0.300. The number of carboxylic acids is 1. The molecule has 43 heavy (non-hydrogen) atoms. The van der Waals surface area contributed by atoms with Gasteiger partial charge in [0.15, 0.2) is 29.5 Å². The van der Waals surface area contributed by atoms with Crippen molar-refractivity contribution >= 4 is 35.1 Å². The molecule has 2 aliphatic rings. The Hall–Kier alpha value is -4.69. The summed E-state index contributed by atoms with van der Waals surface area (Å²) in [7, 11) is 0. The highest BCUT2D eigenvalue weighted by atomic mass is 16.8. The molecule has 2 amide bonds. The van der Waals surface area contributed by atoms with Crippen LogP contribution in [-0.2, 0) is 25.6 Å². The number of carbonyl (C=O) groups excluding carboxylic acids is 1. The average Bonchev–Trinajstić information content (AvgIpc) is 3.72. The van der Waals surface area contributed by atoms with Crippen molar-refractivity contribution in [3.63, 3.8) is 0 Å². The van der Waals surface area contributed by atoms with E-state index in [1.165, 1.54) is 12.4 Å². The quantitative estimate of drug-likeness (QED) is 0.251. The average molecular weight is 587 g/mol. The highest BCUT2D eigenvalue weighted by molar-refractivity contribution is 5.95. The normalized spacial score (nSPS) is 23.0. The van der Waals surface area contributed by atoms with Gasteiger partial charge in [-0.2, -0.15) is 0 Å². The number of urea groups is 1. The summed E-state index contributed by atoms with van der Waals surface area (Å²) < 4.78 is 26.7. The number of fused-ring (bicyclic) bond motifs is 2. The minimum Gasteiger partial charge on any atom is -0.478 e. The van der Waals surface area contributed by atoms with E-state index in [2.05, 4.69) is 25.6 Å². The summed E-state index contributed by atoms with van der Waals surface area (Å²) in [6.07, 6.45) is 3.75. The van der Waals surface area contributed by atoms with Crippen LogP contribution in [0.5, 0.6) is 0 Å². The zero-order valence-corrected chi connectivity index (χ0v) is 23.2. The van der Waals surface area contributed by atoms with Gasteiger partial charge in [0.1, 0.15) is 24.6 Å². The van der Waals surface area contributed by atoms with E-state index < -0.39 is 42.8 Å². The molecule has 5 atom stereocenters. The molecule has 4 heterocycles. The Bertz CT molecular complexity index is 1630. The number of hydrogen-bond donors (Lipinski definition) is 3. The number of rotatable bonds is 10. The molecule has 0 saturated carbocycles. The van der Waals surface area contributed by atoms with Crippen LogP contribution in [0.15, 0.2) is 73.3 Å². The number of carboxylic acid groups (broad SMARTS) is 1. The van der Waals surface area contributed by atoms with Gasteiger partial charge in [-0.25, -0.2) is 24.5 Å². The van der Waals surface area contributed by atoms with Gasteiger partial charge in [-0.3, -0.25) is 9.88 Å². The van der Waals surface area contributed by atoms with Crippen LogP contribution in [0.3, 0.4) is 0 Å². The minimum atomic E-state index is -1.02. The zero-order valence-electron chi connectivity index (χ0n) is 23.2.